The van der Waals surface area contributed by atoms with Crippen molar-refractivity contribution >= 4 is 27.6 Å². The van der Waals surface area contributed by atoms with E-state index in [1.54, 1.807) is 12.2 Å². The fourth-order valence-electron chi connectivity index (χ4n) is 4.93. The molecule has 62 heavy (non-hydrogen) atoms. The van der Waals surface area contributed by atoms with Gasteiger partial charge in [0.25, 0.3) is 0 Å². The van der Waals surface area contributed by atoms with Crippen LogP contribution in [-0.4, -0.2) is 81.6 Å². The van der Waals surface area contributed by atoms with E-state index in [1.807, 2.05) is 12.2 Å². The molecule has 0 aromatic heterocycles. The molecule has 0 amide bonds. The lowest BCUT2D eigenvalue weighted by atomic mass is 10.1. The average Bonchev–Trinajstić information content (AvgIpc) is 3.23. The van der Waals surface area contributed by atoms with Crippen molar-refractivity contribution in [2.75, 3.05) is 26.4 Å². The van der Waals surface area contributed by atoms with Gasteiger partial charge in [-0.05, 0) is 83.5 Å². The summed E-state index contributed by atoms with van der Waals surface area (Å²) in [5, 5.41) is 20.1. The summed E-state index contributed by atoms with van der Waals surface area (Å²) in [5.41, 5.74) is 0. The van der Waals surface area contributed by atoms with Crippen LogP contribution in [0.4, 0.5) is 0 Å². The van der Waals surface area contributed by atoms with Gasteiger partial charge in [-0.2, -0.15) is 0 Å². The SMILES string of the molecule is CC/C=C\C/C=C\C/C=C\C/C=C\C/C=C\C=C/C(O)CCC(=O)O[C@H](COC(=O)CCCC/C=C\C/C=C\C/C=C\CCCCC)COP(=O)(O)OC[C@@H](O)COP(=O)(O)O. The number of aliphatic hydroxyl groups is 2. The molecule has 352 valence electrons. The number of aliphatic hydroxyl groups excluding tert-OH is 2. The zero-order valence-corrected chi connectivity index (χ0v) is 38.6. The second-order valence-electron chi connectivity index (χ2n) is 14.1. The van der Waals surface area contributed by atoms with Crippen LogP contribution in [0.1, 0.15) is 123 Å². The zero-order valence-electron chi connectivity index (χ0n) is 36.8. The summed E-state index contributed by atoms with van der Waals surface area (Å²) in [4.78, 5) is 52.7. The molecule has 16 heteroatoms. The fourth-order valence-corrected chi connectivity index (χ4v) is 6.09. The molecule has 0 aliphatic rings. The molecule has 0 fully saturated rings. The van der Waals surface area contributed by atoms with Gasteiger partial charge >= 0.3 is 27.6 Å². The molecule has 0 aromatic rings. The highest BCUT2D eigenvalue weighted by molar-refractivity contribution is 7.47. The number of carbonyl (C=O) groups excluding carboxylic acids is 2. The van der Waals surface area contributed by atoms with Crippen LogP contribution in [0.2, 0.25) is 0 Å². The summed E-state index contributed by atoms with van der Waals surface area (Å²) < 4.78 is 47.5. The van der Waals surface area contributed by atoms with Gasteiger partial charge < -0.3 is 34.4 Å². The monoisotopic (exact) mass is 912 g/mol. The Morgan fingerprint density at radius 3 is 1.60 bits per heavy atom. The van der Waals surface area contributed by atoms with E-state index in [9.17, 15) is 33.8 Å². The Kier molecular flexibility index (Phi) is 38.4. The number of hydrogen-bond donors (Lipinski definition) is 5. The summed E-state index contributed by atoms with van der Waals surface area (Å²) in [6.45, 7) is 1.27. The van der Waals surface area contributed by atoms with Crippen molar-refractivity contribution in [2.24, 2.45) is 0 Å². The van der Waals surface area contributed by atoms with Gasteiger partial charge in [-0.1, -0.05) is 136 Å². The van der Waals surface area contributed by atoms with Crippen LogP contribution in [-0.2, 0) is 41.8 Å². The summed E-state index contributed by atoms with van der Waals surface area (Å²) >= 11 is 0. The van der Waals surface area contributed by atoms with Crippen LogP contribution < -0.4 is 0 Å². The van der Waals surface area contributed by atoms with Gasteiger partial charge in [-0.15, -0.1) is 0 Å². The van der Waals surface area contributed by atoms with Gasteiger partial charge in [-0.25, -0.2) is 9.13 Å². The van der Waals surface area contributed by atoms with Gasteiger partial charge in [0.1, 0.15) is 12.7 Å². The van der Waals surface area contributed by atoms with E-state index < -0.39 is 72.3 Å². The zero-order chi connectivity index (χ0) is 46.0. The number of phosphoric acid groups is 2. The van der Waals surface area contributed by atoms with Crippen LogP contribution in [0.25, 0.3) is 0 Å². The van der Waals surface area contributed by atoms with Crippen molar-refractivity contribution in [2.45, 2.75) is 141 Å². The van der Waals surface area contributed by atoms with E-state index in [0.29, 0.717) is 12.8 Å². The average molecular weight is 913 g/mol. The van der Waals surface area contributed by atoms with Crippen LogP contribution in [0.15, 0.2) is 109 Å². The van der Waals surface area contributed by atoms with Crippen LogP contribution in [0.5, 0.6) is 0 Å². The minimum atomic E-state index is -4.90. The van der Waals surface area contributed by atoms with Crippen molar-refractivity contribution in [3.63, 3.8) is 0 Å². The molecular formula is C46H74O14P2. The molecule has 0 aromatic carbocycles. The number of carbonyl (C=O) groups is 2. The molecule has 4 atom stereocenters. The van der Waals surface area contributed by atoms with Crippen molar-refractivity contribution in [1.29, 1.82) is 0 Å². The van der Waals surface area contributed by atoms with Crippen molar-refractivity contribution in [3.8, 4) is 0 Å². The minimum Gasteiger partial charge on any atom is -0.462 e. The lowest BCUT2D eigenvalue weighted by molar-refractivity contribution is -0.161. The third kappa shape index (κ3) is 43.4. The van der Waals surface area contributed by atoms with Gasteiger partial charge in [0.05, 0.1) is 25.9 Å². The van der Waals surface area contributed by atoms with Crippen LogP contribution in [0, 0.1) is 0 Å². The molecule has 5 N–H and O–H groups in total. The Morgan fingerprint density at radius 1 is 0.548 bits per heavy atom. The van der Waals surface area contributed by atoms with Gasteiger partial charge in [0, 0.05) is 12.8 Å². The molecule has 0 radical (unpaired) electrons. The highest BCUT2D eigenvalue weighted by atomic mass is 31.2. The van der Waals surface area contributed by atoms with Crippen LogP contribution in [0.3, 0.4) is 0 Å². The molecule has 0 saturated carbocycles. The van der Waals surface area contributed by atoms with E-state index in [1.165, 1.54) is 25.3 Å². The molecule has 0 heterocycles. The smallest absolute Gasteiger partial charge is 0.462 e. The maximum absolute atomic E-state index is 12.7. The standard InChI is InChI=1S/C46H74O14P2/c1-3-5-7-9-11-13-15-17-19-21-22-24-26-28-30-32-34-42(47)36-37-46(50)60-44(41-59-62(54,55)58-39-43(48)38-57-61(51,52)53)40-56-45(49)35-33-31-29-27-25-23-20-18-16-14-12-10-8-6-4-2/h5,7,11-14,17-20,22,24-25,27-28,30,32,34,42-44,47-48H,3-4,6,8-10,15-16,21,23,26,29,31,33,35-41H2,1-2H3,(H,54,55)(H2,51,52,53)/b7-5-,13-11-,14-12-,19-17-,20-18-,24-22-,27-25-,30-28-,34-32-/t42?,43-,44+/m0/s1. The first-order valence-corrected chi connectivity index (χ1v) is 24.7. The fraction of sp³-hybridized carbons (Fsp3) is 0.565. The molecule has 0 saturated heterocycles. The Morgan fingerprint density at radius 2 is 1.05 bits per heavy atom. The maximum atomic E-state index is 12.7. The highest BCUT2D eigenvalue weighted by Gasteiger charge is 2.28. The first kappa shape index (κ1) is 58.7. The Hall–Kier alpha value is -3.26. The number of rotatable bonds is 39. The van der Waals surface area contributed by atoms with E-state index in [0.717, 1.165) is 57.8 Å². The molecule has 0 bridgehead atoms. The van der Waals surface area contributed by atoms with Crippen molar-refractivity contribution < 1.29 is 66.7 Å². The predicted molar refractivity (Wildman–Crippen MR) is 245 cm³/mol. The first-order chi connectivity index (χ1) is 29.8. The second kappa shape index (κ2) is 40.5. The first-order valence-electron chi connectivity index (χ1n) is 21.7. The number of hydrogen-bond acceptors (Lipinski definition) is 11. The van der Waals surface area contributed by atoms with Gasteiger partial charge in [0.2, 0.25) is 0 Å². The third-order valence-electron chi connectivity index (χ3n) is 8.25. The Labute approximate surface area is 370 Å². The molecule has 2 unspecified atom stereocenters. The lowest BCUT2D eigenvalue weighted by Crippen LogP contribution is -2.30. The van der Waals surface area contributed by atoms with Gasteiger partial charge in [0.15, 0.2) is 6.10 Å². The second-order valence-corrected chi connectivity index (χ2v) is 16.8. The largest absolute Gasteiger partial charge is 0.472 e. The summed E-state index contributed by atoms with van der Waals surface area (Å²) in [6.07, 6.45) is 45.6. The Bertz CT molecular complexity index is 1520. The lowest BCUT2D eigenvalue weighted by Gasteiger charge is -2.20. The normalized spacial score (nSPS) is 15.5. The Balaban J connectivity index is 4.85. The van der Waals surface area contributed by atoms with Crippen molar-refractivity contribution in [3.05, 3.63) is 109 Å². The molecule has 0 aliphatic heterocycles. The number of unbranched alkanes of at least 4 members (excludes halogenated alkanes) is 5. The minimum absolute atomic E-state index is 0.00481. The quantitative estimate of drug-likeness (QED) is 0.0128. The van der Waals surface area contributed by atoms with E-state index in [2.05, 4.69) is 102 Å². The summed E-state index contributed by atoms with van der Waals surface area (Å²) in [5.74, 6) is -1.37. The molecule has 0 aliphatic carbocycles. The molecule has 14 nitrogen and oxygen atoms in total. The van der Waals surface area contributed by atoms with Crippen LogP contribution >= 0.6 is 15.6 Å². The number of esters is 2. The number of ether oxygens (including phenoxy) is 2. The van der Waals surface area contributed by atoms with E-state index >= 15 is 0 Å². The summed E-state index contributed by atoms with van der Waals surface area (Å²) in [6, 6.07) is 0. The molecular weight excluding hydrogens is 838 g/mol. The predicted octanol–water partition coefficient (Wildman–Crippen LogP) is 10.1. The van der Waals surface area contributed by atoms with E-state index in [-0.39, 0.29) is 19.3 Å². The van der Waals surface area contributed by atoms with E-state index in [4.69, 9.17) is 23.8 Å². The topological polar surface area (TPSA) is 216 Å². The summed E-state index contributed by atoms with van der Waals surface area (Å²) in [7, 11) is -9.79. The highest BCUT2D eigenvalue weighted by Crippen LogP contribution is 2.43. The number of allylic oxidation sites excluding steroid dienone is 17. The van der Waals surface area contributed by atoms with Gasteiger partial charge in [-0.3, -0.25) is 23.2 Å². The number of phosphoric ester groups is 2. The van der Waals surface area contributed by atoms with Crippen molar-refractivity contribution in [1.82, 2.24) is 0 Å². The molecule has 0 spiro atoms. The third-order valence-corrected chi connectivity index (χ3v) is 9.69. The molecule has 0 rings (SSSR count). The maximum Gasteiger partial charge on any atom is 0.472 e.